The van der Waals surface area contributed by atoms with Gasteiger partial charge in [0, 0.05) is 31.6 Å². The summed E-state index contributed by atoms with van der Waals surface area (Å²) in [6, 6.07) is 6.12. The van der Waals surface area contributed by atoms with Gasteiger partial charge < -0.3 is 15.0 Å². The molecule has 1 aromatic carbocycles. The molecule has 2 atom stereocenters. The highest BCUT2D eigenvalue weighted by Crippen LogP contribution is 2.21. The Kier molecular flexibility index (Phi) is 7.16. The molecule has 1 heterocycles. The molecule has 0 bridgehead atoms. The van der Waals surface area contributed by atoms with Crippen LogP contribution in [-0.4, -0.2) is 71.1 Å². The van der Waals surface area contributed by atoms with E-state index in [0.717, 1.165) is 13.0 Å². The van der Waals surface area contributed by atoms with Crippen LogP contribution in [0.2, 0.25) is 0 Å². The van der Waals surface area contributed by atoms with Gasteiger partial charge in [-0.05, 0) is 38.1 Å². The highest BCUT2D eigenvalue weighted by atomic mass is 32.2. The van der Waals surface area contributed by atoms with E-state index in [9.17, 15) is 13.2 Å². The van der Waals surface area contributed by atoms with Gasteiger partial charge in [0.1, 0.15) is 0 Å². The molecule has 8 heteroatoms. The third-order valence-corrected chi connectivity index (χ3v) is 6.13. The number of hydrogen-bond donors (Lipinski definition) is 2. The summed E-state index contributed by atoms with van der Waals surface area (Å²) in [5.41, 5.74) is 0.463. The Bertz CT molecular complexity index is 694. The molecule has 0 saturated carbocycles. The summed E-state index contributed by atoms with van der Waals surface area (Å²) in [5, 5.41) is 2.86. The van der Waals surface area contributed by atoms with Crippen molar-refractivity contribution in [3.05, 3.63) is 29.8 Å². The van der Waals surface area contributed by atoms with Crippen molar-refractivity contribution in [2.75, 3.05) is 40.3 Å². The van der Waals surface area contributed by atoms with Crippen molar-refractivity contribution < 1.29 is 22.8 Å². The van der Waals surface area contributed by atoms with Crippen LogP contribution in [-0.2, 0) is 14.8 Å². The highest BCUT2D eigenvalue weighted by Gasteiger charge is 2.32. The number of rotatable bonds is 7. The maximum atomic E-state index is 12.8. The van der Waals surface area contributed by atoms with Gasteiger partial charge in [-0.3, -0.25) is 4.79 Å². The number of nitrogens with zero attached hydrogens (tertiary/aromatic N) is 1. The van der Waals surface area contributed by atoms with Crippen LogP contribution >= 0.6 is 0 Å². The van der Waals surface area contributed by atoms with Crippen molar-refractivity contribution in [1.82, 2.24) is 9.62 Å². The molecule has 1 amide bonds. The maximum Gasteiger partial charge on any atom is 0.251 e. The van der Waals surface area contributed by atoms with E-state index < -0.39 is 10.0 Å². The first-order valence-corrected chi connectivity index (χ1v) is 10.5. The van der Waals surface area contributed by atoms with Crippen LogP contribution in [0.15, 0.2) is 29.2 Å². The molecule has 1 saturated heterocycles. The van der Waals surface area contributed by atoms with E-state index in [1.807, 2.05) is 13.8 Å². The summed E-state index contributed by atoms with van der Waals surface area (Å²) in [6.07, 6.45) is 0.624. The second-order valence-corrected chi connectivity index (χ2v) is 9.11. The Morgan fingerprint density at radius 3 is 2.31 bits per heavy atom. The average molecular weight is 385 g/mol. The van der Waals surface area contributed by atoms with Crippen LogP contribution in [0, 0.1) is 0 Å². The van der Waals surface area contributed by atoms with Crippen LogP contribution in [0.25, 0.3) is 0 Å². The summed E-state index contributed by atoms with van der Waals surface area (Å²) in [6.45, 7) is 5.99. The molecule has 26 heavy (non-hydrogen) atoms. The zero-order valence-corrected chi connectivity index (χ0v) is 16.8. The lowest BCUT2D eigenvalue weighted by atomic mass is 10.2. The van der Waals surface area contributed by atoms with Gasteiger partial charge in [0.2, 0.25) is 10.0 Å². The summed E-state index contributed by atoms with van der Waals surface area (Å²) >= 11 is 0. The fraction of sp³-hybridized carbons (Fsp3) is 0.611. The smallest absolute Gasteiger partial charge is 0.251 e. The molecule has 7 nitrogen and oxygen atoms in total. The fourth-order valence-corrected chi connectivity index (χ4v) is 4.59. The van der Waals surface area contributed by atoms with Crippen molar-refractivity contribution in [3.63, 3.8) is 0 Å². The largest absolute Gasteiger partial charge is 0.373 e. The third kappa shape index (κ3) is 5.51. The topological polar surface area (TPSA) is 80.2 Å². The molecule has 1 aromatic rings. The van der Waals surface area contributed by atoms with Gasteiger partial charge in [0.25, 0.3) is 5.91 Å². The van der Waals surface area contributed by atoms with E-state index in [1.165, 1.54) is 21.3 Å². The van der Waals surface area contributed by atoms with Gasteiger partial charge in [0.05, 0.1) is 37.7 Å². The third-order valence-electron chi connectivity index (χ3n) is 4.28. The molecule has 0 aliphatic carbocycles. The number of nitrogens with one attached hydrogen (secondary N) is 2. The van der Waals surface area contributed by atoms with Crippen LogP contribution in [0.3, 0.4) is 0 Å². The SMILES string of the molecule is C[C@@H]1CN(S(=O)(=O)c2ccc(C(=O)NCCC[NH+](C)C)cc2)C[C@H](C)O1. The minimum atomic E-state index is -3.58. The van der Waals surface area contributed by atoms with Gasteiger partial charge in [-0.1, -0.05) is 0 Å². The van der Waals surface area contributed by atoms with Gasteiger partial charge in [-0.2, -0.15) is 4.31 Å². The minimum Gasteiger partial charge on any atom is -0.373 e. The van der Waals surface area contributed by atoms with E-state index >= 15 is 0 Å². The molecule has 0 aromatic heterocycles. The average Bonchev–Trinajstić information content (AvgIpc) is 2.57. The minimum absolute atomic E-state index is 0.137. The zero-order chi connectivity index (χ0) is 19.3. The predicted molar refractivity (Wildman–Crippen MR) is 99.8 cm³/mol. The maximum absolute atomic E-state index is 12.8. The number of amides is 1. The van der Waals surface area contributed by atoms with E-state index in [2.05, 4.69) is 19.4 Å². The van der Waals surface area contributed by atoms with E-state index in [4.69, 9.17) is 4.74 Å². The Hall–Kier alpha value is -1.48. The Balaban J connectivity index is 2.00. The molecule has 146 valence electrons. The fourth-order valence-electron chi connectivity index (χ4n) is 3.00. The zero-order valence-electron chi connectivity index (χ0n) is 16.0. The lowest BCUT2D eigenvalue weighted by Gasteiger charge is -2.34. The molecule has 2 rings (SSSR count). The van der Waals surface area contributed by atoms with Gasteiger partial charge >= 0.3 is 0 Å². The van der Waals surface area contributed by atoms with Gasteiger partial charge in [-0.15, -0.1) is 0 Å². The Morgan fingerprint density at radius 1 is 1.19 bits per heavy atom. The van der Waals surface area contributed by atoms with Crippen LogP contribution in [0.1, 0.15) is 30.6 Å². The first-order valence-electron chi connectivity index (χ1n) is 9.03. The molecular weight excluding hydrogens is 354 g/mol. The number of quaternary nitrogens is 1. The summed E-state index contributed by atoms with van der Waals surface area (Å²) in [7, 11) is 0.551. The molecule has 1 aliphatic rings. The number of ether oxygens (including phenoxy) is 1. The van der Waals surface area contributed by atoms with Crippen LogP contribution in [0.5, 0.6) is 0 Å². The summed E-state index contributed by atoms with van der Waals surface area (Å²) in [4.78, 5) is 13.7. The molecule has 0 spiro atoms. The number of morpholine rings is 1. The molecule has 0 radical (unpaired) electrons. The second kappa shape index (κ2) is 8.94. The quantitative estimate of drug-likeness (QED) is 0.636. The van der Waals surface area contributed by atoms with Crippen molar-refractivity contribution in [3.8, 4) is 0 Å². The standard InChI is InChI=1S/C18H29N3O4S/c1-14-12-21(13-15(2)25-14)26(23,24)17-8-6-16(7-9-17)18(22)19-10-5-11-20(3)4/h6-9,14-15H,5,10-13H2,1-4H3,(H,19,22)/p+1/t14-,15+. The number of hydrogen-bond acceptors (Lipinski definition) is 4. The highest BCUT2D eigenvalue weighted by molar-refractivity contribution is 7.89. The first kappa shape index (κ1) is 20.8. The molecule has 1 aliphatic heterocycles. The normalized spacial score (nSPS) is 21.7. The van der Waals surface area contributed by atoms with Crippen molar-refractivity contribution in [1.29, 1.82) is 0 Å². The Labute approximate surface area is 156 Å². The Morgan fingerprint density at radius 2 is 1.77 bits per heavy atom. The summed E-state index contributed by atoms with van der Waals surface area (Å²) in [5.74, 6) is -0.184. The van der Waals surface area contributed by atoms with Crippen molar-refractivity contribution in [2.24, 2.45) is 0 Å². The van der Waals surface area contributed by atoms with Crippen molar-refractivity contribution in [2.45, 2.75) is 37.4 Å². The number of carbonyl (C=O) groups excluding carboxylic acids is 1. The van der Waals surface area contributed by atoms with Crippen LogP contribution in [0.4, 0.5) is 0 Å². The van der Waals surface area contributed by atoms with Crippen LogP contribution < -0.4 is 10.2 Å². The molecule has 1 fully saturated rings. The first-order chi connectivity index (χ1) is 12.2. The number of benzene rings is 1. The van der Waals surface area contributed by atoms with E-state index in [0.29, 0.717) is 25.2 Å². The molecule has 0 unspecified atom stereocenters. The van der Waals surface area contributed by atoms with Gasteiger partial charge in [-0.25, -0.2) is 8.42 Å². The van der Waals surface area contributed by atoms with E-state index in [-0.39, 0.29) is 23.0 Å². The summed E-state index contributed by atoms with van der Waals surface area (Å²) < 4.78 is 32.7. The second-order valence-electron chi connectivity index (χ2n) is 7.17. The number of sulfonamides is 1. The van der Waals surface area contributed by atoms with Gasteiger partial charge in [0.15, 0.2) is 0 Å². The monoisotopic (exact) mass is 384 g/mol. The number of carbonyl (C=O) groups is 1. The molecular formula is C18H30N3O4S+. The van der Waals surface area contributed by atoms with E-state index in [1.54, 1.807) is 12.1 Å². The predicted octanol–water partition coefficient (Wildman–Crippen LogP) is -0.251. The lowest BCUT2D eigenvalue weighted by molar-refractivity contribution is -0.858. The molecule has 2 N–H and O–H groups in total. The lowest BCUT2D eigenvalue weighted by Crippen LogP contribution is -3.05. The van der Waals surface area contributed by atoms with Crippen molar-refractivity contribution >= 4 is 15.9 Å².